The van der Waals surface area contributed by atoms with Crippen LogP contribution in [0.4, 0.5) is 21.9 Å². The number of likely N-dealkylation sites (N-methyl/N-ethyl adjacent to an activating group) is 2. The molecular weight excluding hydrogens is 464 g/mol. The first-order valence-electron chi connectivity index (χ1n) is 13.5. The summed E-state index contributed by atoms with van der Waals surface area (Å²) in [7, 11) is 3.91. The highest BCUT2D eigenvalue weighted by molar-refractivity contribution is 6.09. The Kier molecular flexibility index (Phi) is 7.46. The Labute approximate surface area is 219 Å². The van der Waals surface area contributed by atoms with E-state index in [1.54, 1.807) is 18.2 Å². The molecule has 0 bridgehead atoms. The van der Waals surface area contributed by atoms with Gasteiger partial charge in [-0.2, -0.15) is 0 Å². The van der Waals surface area contributed by atoms with Crippen LogP contribution in [0.15, 0.2) is 53.5 Å². The Hall–Kier alpha value is -3.39. The number of carbonyl (C=O) groups is 2. The number of aliphatic imine (C=N–C) groups is 1. The van der Waals surface area contributed by atoms with Crippen molar-refractivity contribution < 1.29 is 9.59 Å². The fraction of sp³-hybridized carbons (Fsp3) is 0.483. The second-order valence-electron chi connectivity index (χ2n) is 10.6. The minimum atomic E-state index is -1.35. The van der Waals surface area contributed by atoms with Gasteiger partial charge in [-0.25, -0.2) is 4.79 Å². The SMILES string of the molecule is CN1CCN(c2cccc(NC(=O)NC3(C4CCCCCC4)N=Cc4ccccc4N(C)C3=O)c2)CC1. The zero-order chi connectivity index (χ0) is 25.8. The summed E-state index contributed by atoms with van der Waals surface area (Å²) in [6, 6.07) is 15.3. The molecule has 2 heterocycles. The Morgan fingerprint density at radius 2 is 1.68 bits per heavy atom. The molecule has 5 rings (SSSR count). The number of nitrogens with zero attached hydrogens (tertiary/aromatic N) is 4. The van der Waals surface area contributed by atoms with E-state index in [0.717, 1.165) is 81.6 Å². The maximum Gasteiger partial charge on any atom is 0.321 e. The van der Waals surface area contributed by atoms with E-state index in [2.05, 4.69) is 33.5 Å². The van der Waals surface area contributed by atoms with Crippen molar-refractivity contribution in [2.75, 3.05) is 55.4 Å². The van der Waals surface area contributed by atoms with Gasteiger partial charge in [0.05, 0.1) is 5.69 Å². The van der Waals surface area contributed by atoms with Crippen LogP contribution in [-0.2, 0) is 4.79 Å². The number of anilines is 3. The first kappa shape index (κ1) is 25.3. The van der Waals surface area contributed by atoms with Crippen LogP contribution in [0.3, 0.4) is 0 Å². The van der Waals surface area contributed by atoms with Crippen molar-refractivity contribution in [1.29, 1.82) is 0 Å². The van der Waals surface area contributed by atoms with Crippen LogP contribution in [-0.4, -0.2) is 69.0 Å². The summed E-state index contributed by atoms with van der Waals surface area (Å²) >= 11 is 0. The minimum Gasteiger partial charge on any atom is -0.369 e. The summed E-state index contributed by atoms with van der Waals surface area (Å²) < 4.78 is 0. The number of hydrogen-bond donors (Lipinski definition) is 2. The molecular formula is C29H38N6O2. The van der Waals surface area contributed by atoms with Gasteiger partial charge in [0.25, 0.3) is 5.91 Å². The average Bonchev–Trinajstić information content (AvgIpc) is 3.25. The normalized spacial score (nSPS) is 23.2. The molecule has 1 atom stereocenters. The molecule has 3 amide bonds. The molecule has 1 saturated heterocycles. The van der Waals surface area contributed by atoms with Gasteiger partial charge in [-0.15, -0.1) is 0 Å². The lowest BCUT2D eigenvalue weighted by Crippen LogP contribution is -2.62. The molecule has 2 N–H and O–H groups in total. The Balaban J connectivity index is 1.40. The van der Waals surface area contributed by atoms with Crippen LogP contribution in [0.1, 0.15) is 44.1 Å². The quantitative estimate of drug-likeness (QED) is 0.610. The summed E-state index contributed by atoms with van der Waals surface area (Å²) in [6.07, 6.45) is 7.82. The van der Waals surface area contributed by atoms with Gasteiger partial charge in [-0.1, -0.05) is 49.9 Å². The van der Waals surface area contributed by atoms with Gasteiger partial charge in [-0.05, 0) is 44.2 Å². The van der Waals surface area contributed by atoms with Gasteiger partial charge in [-0.3, -0.25) is 9.79 Å². The van der Waals surface area contributed by atoms with Crippen molar-refractivity contribution in [2.24, 2.45) is 10.9 Å². The summed E-state index contributed by atoms with van der Waals surface area (Å²) in [6.45, 7) is 3.93. The standard InChI is InChI=1S/C29H38N6O2/c1-33-16-18-35(19-17-33)25-14-9-13-24(20-25)31-28(37)32-29(23-11-5-3-4-6-12-23)27(36)34(2)26-15-8-7-10-22(26)21-30-29/h7-10,13-15,20-21,23H,3-6,11-12,16-19H2,1-2H3,(H2,31,32,37). The second-order valence-corrected chi connectivity index (χ2v) is 10.6. The number of piperazine rings is 1. The van der Waals surface area contributed by atoms with Crippen molar-refractivity contribution in [3.8, 4) is 0 Å². The zero-order valence-electron chi connectivity index (χ0n) is 21.9. The van der Waals surface area contributed by atoms with Gasteiger partial charge in [0.1, 0.15) is 0 Å². The van der Waals surface area contributed by atoms with Crippen molar-refractivity contribution in [3.63, 3.8) is 0 Å². The Morgan fingerprint density at radius 3 is 2.43 bits per heavy atom. The molecule has 2 aromatic rings. The number of para-hydroxylation sites is 1. The molecule has 0 radical (unpaired) electrons. The molecule has 196 valence electrons. The highest BCUT2D eigenvalue weighted by Crippen LogP contribution is 2.37. The Bertz CT molecular complexity index is 1150. The molecule has 1 aliphatic carbocycles. The average molecular weight is 503 g/mol. The first-order valence-corrected chi connectivity index (χ1v) is 13.5. The highest BCUT2D eigenvalue weighted by atomic mass is 16.2. The molecule has 0 aromatic heterocycles. The monoisotopic (exact) mass is 502 g/mol. The molecule has 2 fully saturated rings. The zero-order valence-corrected chi connectivity index (χ0v) is 21.9. The maximum absolute atomic E-state index is 14.1. The van der Waals surface area contributed by atoms with Crippen LogP contribution < -0.4 is 20.4 Å². The summed E-state index contributed by atoms with van der Waals surface area (Å²) in [5.74, 6) is -0.264. The topological polar surface area (TPSA) is 80.3 Å². The summed E-state index contributed by atoms with van der Waals surface area (Å²) in [5.41, 5.74) is 2.11. The van der Waals surface area contributed by atoms with Gasteiger partial charge in [0, 0.05) is 62.3 Å². The molecule has 8 heteroatoms. The van der Waals surface area contributed by atoms with Crippen molar-refractivity contribution in [3.05, 3.63) is 54.1 Å². The van der Waals surface area contributed by atoms with Gasteiger partial charge in [0.2, 0.25) is 5.66 Å². The van der Waals surface area contributed by atoms with Crippen LogP contribution in [0.25, 0.3) is 0 Å². The number of benzene rings is 2. The van der Waals surface area contributed by atoms with Crippen molar-refractivity contribution in [2.45, 2.75) is 44.2 Å². The van der Waals surface area contributed by atoms with Crippen molar-refractivity contribution in [1.82, 2.24) is 10.2 Å². The molecule has 8 nitrogen and oxygen atoms in total. The minimum absolute atomic E-state index is 0.0714. The Morgan fingerprint density at radius 1 is 0.946 bits per heavy atom. The lowest BCUT2D eigenvalue weighted by atomic mass is 9.85. The maximum atomic E-state index is 14.1. The van der Waals surface area contributed by atoms with Gasteiger partial charge >= 0.3 is 6.03 Å². The lowest BCUT2D eigenvalue weighted by Gasteiger charge is -2.38. The van der Waals surface area contributed by atoms with E-state index in [4.69, 9.17) is 4.99 Å². The number of benzodiazepines with no additional fused rings is 1. The van der Waals surface area contributed by atoms with Crippen LogP contribution >= 0.6 is 0 Å². The number of urea groups is 1. The molecule has 1 unspecified atom stereocenters. The number of rotatable bonds is 4. The number of fused-ring (bicyclic) bond motifs is 1. The van der Waals surface area contributed by atoms with E-state index in [1.807, 2.05) is 42.5 Å². The molecule has 0 spiro atoms. The largest absolute Gasteiger partial charge is 0.369 e. The van der Waals surface area contributed by atoms with E-state index >= 15 is 0 Å². The van der Waals surface area contributed by atoms with Crippen LogP contribution in [0, 0.1) is 5.92 Å². The third-order valence-corrected chi connectivity index (χ3v) is 8.06. The van der Waals surface area contributed by atoms with Crippen LogP contribution in [0.2, 0.25) is 0 Å². The van der Waals surface area contributed by atoms with Gasteiger partial charge in [0.15, 0.2) is 0 Å². The smallest absolute Gasteiger partial charge is 0.321 e. The van der Waals surface area contributed by atoms with Crippen LogP contribution in [0.5, 0.6) is 0 Å². The predicted molar refractivity (Wildman–Crippen MR) is 150 cm³/mol. The summed E-state index contributed by atoms with van der Waals surface area (Å²) in [5, 5.41) is 6.08. The molecule has 2 aliphatic heterocycles. The molecule has 1 saturated carbocycles. The fourth-order valence-corrected chi connectivity index (χ4v) is 5.84. The number of carbonyl (C=O) groups excluding carboxylic acids is 2. The third-order valence-electron chi connectivity index (χ3n) is 8.06. The fourth-order valence-electron chi connectivity index (χ4n) is 5.84. The van der Waals surface area contributed by atoms with E-state index in [1.165, 1.54) is 0 Å². The van der Waals surface area contributed by atoms with E-state index in [9.17, 15) is 9.59 Å². The third kappa shape index (κ3) is 5.34. The summed E-state index contributed by atoms with van der Waals surface area (Å²) in [4.78, 5) is 38.7. The van der Waals surface area contributed by atoms with E-state index < -0.39 is 11.7 Å². The lowest BCUT2D eigenvalue weighted by molar-refractivity contribution is -0.126. The van der Waals surface area contributed by atoms with E-state index in [0.29, 0.717) is 5.69 Å². The first-order chi connectivity index (χ1) is 18.0. The number of nitrogens with one attached hydrogen (secondary N) is 2. The van der Waals surface area contributed by atoms with Crippen molar-refractivity contribution >= 4 is 35.2 Å². The molecule has 3 aliphatic rings. The van der Waals surface area contributed by atoms with E-state index in [-0.39, 0.29) is 11.8 Å². The second kappa shape index (κ2) is 10.9. The number of amides is 3. The number of hydrogen-bond acceptors (Lipinski definition) is 5. The predicted octanol–water partition coefficient (Wildman–Crippen LogP) is 4.32. The molecule has 37 heavy (non-hydrogen) atoms. The van der Waals surface area contributed by atoms with Gasteiger partial charge < -0.3 is 25.3 Å². The highest BCUT2D eigenvalue weighted by Gasteiger charge is 2.49. The molecule has 2 aromatic carbocycles.